The molecule has 114 valence electrons. The number of ether oxygens (including phenoxy) is 1. The maximum absolute atomic E-state index is 12.4. The van der Waals surface area contributed by atoms with Gasteiger partial charge in [0.05, 0.1) is 13.7 Å². The molecule has 1 fully saturated rings. The van der Waals surface area contributed by atoms with Gasteiger partial charge in [-0.3, -0.25) is 9.69 Å². The third kappa shape index (κ3) is 2.51. The van der Waals surface area contributed by atoms with Crippen LogP contribution in [0.2, 0.25) is 0 Å². The molecule has 0 aromatic carbocycles. The van der Waals surface area contributed by atoms with Gasteiger partial charge in [-0.05, 0) is 25.0 Å². The minimum atomic E-state index is -0.838. The number of furan rings is 1. The van der Waals surface area contributed by atoms with Crippen molar-refractivity contribution in [3.05, 3.63) is 23.7 Å². The number of carbonyl (C=O) groups is 3. The van der Waals surface area contributed by atoms with Gasteiger partial charge in [-0.2, -0.15) is 0 Å². The Kier molecular flexibility index (Phi) is 4.02. The molecule has 2 heterocycles. The first kappa shape index (κ1) is 15.1. The zero-order chi connectivity index (χ0) is 15.6. The Balaban J connectivity index is 2.16. The summed E-state index contributed by atoms with van der Waals surface area (Å²) in [6.07, 6.45) is 1.05. The first-order valence-corrected chi connectivity index (χ1v) is 6.78. The summed E-state index contributed by atoms with van der Waals surface area (Å²) in [7, 11) is 1.25. The zero-order valence-electron chi connectivity index (χ0n) is 12.3. The molecule has 7 nitrogen and oxygen atoms in total. The standard InChI is InChI=1S/C14H18N2O5/c1-4-14(5-2)12(18)16(13(19)15-14)8-9-6-7-10(21-9)11(17)20-3/h6-7H,4-5,8H2,1-3H3,(H,15,19). The highest BCUT2D eigenvalue weighted by Crippen LogP contribution is 2.26. The zero-order valence-corrected chi connectivity index (χ0v) is 12.3. The molecular weight excluding hydrogens is 276 g/mol. The lowest BCUT2D eigenvalue weighted by atomic mass is 9.93. The molecule has 1 N–H and O–H groups in total. The molecule has 0 atom stereocenters. The molecule has 0 aliphatic carbocycles. The van der Waals surface area contributed by atoms with Crippen LogP contribution in [0.15, 0.2) is 16.5 Å². The molecule has 1 aromatic heterocycles. The summed E-state index contributed by atoms with van der Waals surface area (Å²) in [6.45, 7) is 3.70. The molecule has 0 saturated carbocycles. The van der Waals surface area contributed by atoms with Crippen molar-refractivity contribution in [3.63, 3.8) is 0 Å². The molecule has 1 aromatic rings. The number of carbonyl (C=O) groups excluding carboxylic acids is 3. The maximum Gasteiger partial charge on any atom is 0.373 e. The lowest BCUT2D eigenvalue weighted by molar-refractivity contribution is -0.132. The fraction of sp³-hybridized carbons (Fsp3) is 0.500. The minimum absolute atomic E-state index is 0.0105. The number of rotatable bonds is 5. The van der Waals surface area contributed by atoms with Crippen LogP contribution >= 0.6 is 0 Å². The van der Waals surface area contributed by atoms with Crippen molar-refractivity contribution >= 4 is 17.9 Å². The first-order valence-electron chi connectivity index (χ1n) is 6.78. The lowest BCUT2D eigenvalue weighted by Gasteiger charge is -2.22. The Morgan fingerprint density at radius 1 is 1.33 bits per heavy atom. The van der Waals surface area contributed by atoms with E-state index in [4.69, 9.17) is 4.42 Å². The van der Waals surface area contributed by atoms with Gasteiger partial charge in [0, 0.05) is 0 Å². The normalized spacial score (nSPS) is 17.0. The Bertz CT molecular complexity index is 574. The average Bonchev–Trinajstić information content (AvgIpc) is 3.05. The second-order valence-electron chi connectivity index (χ2n) is 4.87. The van der Waals surface area contributed by atoms with Crippen LogP contribution in [0.25, 0.3) is 0 Å². The van der Waals surface area contributed by atoms with Crippen molar-refractivity contribution in [2.75, 3.05) is 7.11 Å². The van der Waals surface area contributed by atoms with Crippen LogP contribution in [-0.4, -0.2) is 35.5 Å². The third-order valence-electron chi connectivity index (χ3n) is 3.82. The van der Waals surface area contributed by atoms with Crippen LogP contribution in [-0.2, 0) is 16.1 Å². The fourth-order valence-corrected chi connectivity index (χ4v) is 2.38. The molecule has 0 bridgehead atoms. The smallest absolute Gasteiger partial charge is 0.373 e. The number of imide groups is 1. The Morgan fingerprint density at radius 3 is 2.52 bits per heavy atom. The molecule has 1 aliphatic rings. The number of esters is 1. The predicted molar refractivity (Wildman–Crippen MR) is 72.4 cm³/mol. The van der Waals surface area contributed by atoms with Gasteiger partial charge in [0.2, 0.25) is 5.76 Å². The molecule has 21 heavy (non-hydrogen) atoms. The summed E-state index contributed by atoms with van der Waals surface area (Å²) in [5.41, 5.74) is -0.838. The van der Waals surface area contributed by atoms with Crippen LogP contribution in [0.4, 0.5) is 4.79 Å². The Morgan fingerprint density at radius 2 is 2.00 bits per heavy atom. The van der Waals surface area contributed by atoms with Crippen LogP contribution in [0.1, 0.15) is 43.0 Å². The number of urea groups is 1. The quantitative estimate of drug-likeness (QED) is 0.659. The number of nitrogens with one attached hydrogen (secondary N) is 1. The first-order chi connectivity index (χ1) is 9.97. The highest BCUT2D eigenvalue weighted by Gasteiger charge is 2.48. The molecular formula is C14H18N2O5. The van der Waals surface area contributed by atoms with E-state index in [9.17, 15) is 14.4 Å². The van der Waals surface area contributed by atoms with Gasteiger partial charge in [0.15, 0.2) is 0 Å². The molecule has 2 rings (SSSR count). The van der Waals surface area contributed by atoms with E-state index in [2.05, 4.69) is 10.1 Å². The summed E-state index contributed by atoms with van der Waals surface area (Å²) in [4.78, 5) is 36.8. The van der Waals surface area contributed by atoms with Gasteiger partial charge in [-0.15, -0.1) is 0 Å². The SMILES string of the molecule is CCC1(CC)NC(=O)N(Cc2ccc(C(=O)OC)o2)C1=O. The van der Waals surface area contributed by atoms with E-state index >= 15 is 0 Å². The molecule has 0 unspecified atom stereocenters. The highest BCUT2D eigenvalue weighted by molar-refractivity contribution is 6.06. The fourth-order valence-electron chi connectivity index (χ4n) is 2.38. The number of amides is 3. The number of hydrogen-bond acceptors (Lipinski definition) is 5. The van der Waals surface area contributed by atoms with E-state index in [0.29, 0.717) is 18.6 Å². The molecule has 1 aliphatic heterocycles. The molecule has 0 radical (unpaired) electrons. The van der Waals surface area contributed by atoms with Gasteiger partial charge in [-0.1, -0.05) is 13.8 Å². The second-order valence-corrected chi connectivity index (χ2v) is 4.87. The molecule has 3 amide bonds. The summed E-state index contributed by atoms with van der Waals surface area (Å²) in [5.74, 6) is -0.484. The van der Waals surface area contributed by atoms with E-state index in [0.717, 1.165) is 4.90 Å². The molecule has 0 spiro atoms. The minimum Gasteiger partial charge on any atom is -0.463 e. The van der Waals surface area contributed by atoms with Gasteiger partial charge in [-0.25, -0.2) is 9.59 Å². The van der Waals surface area contributed by atoms with Crippen molar-refractivity contribution < 1.29 is 23.5 Å². The van der Waals surface area contributed by atoms with Crippen LogP contribution in [0.5, 0.6) is 0 Å². The van der Waals surface area contributed by atoms with Crippen molar-refractivity contribution in [2.24, 2.45) is 0 Å². The number of nitrogens with zero attached hydrogens (tertiary/aromatic N) is 1. The van der Waals surface area contributed by atoms with Crippen molar-refractivity contribution in [3.8, 4) is 0 Å². The van der Waals surface area contributed by atoms with Crippen LogP contribution in [0.3, 0.4) is 0 Å². The molecule has 7 heteroatoms. The maximum atomic E-state index is 12.4. The highest BCUT2D eigenvalue weighted by atomic mass is 16.5. The van der Waals surface area contributed by atoms with Crippen molar-refractivity contribution in [1.29, 1.82) is 0 Å². The van der Waals surface area contributed by atoms with Gasteiger partial charge < -0.3 is 14.5 Å². The predicted octanol–water partition coefficient (Wildman–Crippen LogP) is 1.68. The Labute approximate surface area is 122 Å². The van der Waals surface area contributed by atoms with Gasteiger partial charge in [0.25, 0.3) is 5.91 Å². The lowest BCUT2D eigenvalue weighted by Crippen LogP contribution is -2.45. The third-order valence-corrected chi connectivity index (χ3v) is 3.82. The Hall–Kier alpha value is -2.31. The second kappa shape index (κ2) is 5.59. The average molecular weight is 294 g/mol. The summed E-state index contributed by atoms with van der Waals surface area (Å²) >= 11 is 0. The van der Waals surface area contributed by atoms with E-state index in [-0.39, 0.29) is 18.2 Å². The van der Waals surface area contributed by atoms with E-state index in [1.54, 1.807) is 6.07 Å². The number of hydrogen-bond donors (Lipinski definition) is 1. The largest absolute Gasteiger partial charge is 0.463 e. The van der Waals surface area contributed by atoms with Crippen molar-refractivity contribution in [1.82, 2.24) is 10.2 Å². The number of methoxy groups -OCH3 is 1. The van der Waals surface area contributed by atoms with Gasteiger partial charge >= 0.3 is 12.0 Å². The summed E-state index contributed by atoms with van der Waals surface area (Å²) in [5, 5.41) is 2.73. The topological polar surface area (TPSA) is 88.8 Å². The van der Waals surface area contributed by atoms with E-state index in [1.165, 1.54) is 13.2 Å². The monoisotopic (exact) mass is 294 g/mol. The van der Waals surface area contributed by atoms with Crippen LogP contribution in [0, 0.1) is 0 Å². The molecule has 1 saturated heterocycles. The van der Waals surface area contributed by atoms with Crippen LogP contribution < -0.4 is 5.32 Å². The van der Waals surface area contributed by atoms with Crippen molar-refractivity contribution in [2.45, 2.75) is 38.8 Å². The summed E-state index contributed by atoms with van der Waals surface area (Å²) in [6, 6.07) is 2.55. The van der Waals surface area contributed by atoms with Gasteiger partial charge in [0.1, 0.15) is 11.3 Å². The van der Waals surface area contributed by atoms with E-state index < -0.39 is 17.5 Å². The summed E-state index contributed by atoms with van der Waals surface area (Å²) < 4.78 is 9.82. The van der Waals surface area contributed by atoms with E-state index in [1.807, 2.05) is 13.8 Å².